The highest BCUT2D eigenvalue weighted by Gasteiger charge is 2.17. The van der Waals surface area contributed by atoms with Crippen molar-refractivity contribution in [1.82, 2.24) is 5.32 Å². The highest BCUT2D eigenvalue weighted by Crippen LogP contribution is 2.12. The number of amides is 1. The first-order valence-corrected chi connectivity index (χ1v) is 15.4. The molecule has 4 heteroatoms. The normalized spacial score (nSPS) is 13.9. The summed E-state index contributed by atoms with van der Waals surface area (Å²) in [5.41, 5.74) is 0. The summed E-state index contributed by atoms with van der Waals surface area (Å²) in [5.74, 6) is -0.0982. The number of hydrogen-bond donors (Lipinski definition) is 3. The second-order valence-corrected chi connectivity index (χ2v) is 10.1. The van der Waals surface area contributed by atoms with Gasteiger partial charge in [0.2, 0.25) is 5.91 Å². The van der Waals surface area contributed by atoms with E-state index in [0.717, 1.165) is 57.8 Å². The molecule has 0 fully saturated rings. The lowest BCUT2D eigenvalue weighted by Gasteiger charge is -2.19. The van der Waals surface area contributed by atoms with Gasteiger partial charge >= 0.3 is 0 Å². The van der Waals surface area contributed by atoms with Crippen molar-refractivity contribution in [2.24, 2.45) is 0 Å². The molecule has 0 saturated heterocycles. The summed E-state index contributed by atoms with van der Waals surface area (Å²) in [6.07, 6.45) is 37.5. The molecule has 1 amide bonds. The van der Waals surface area contributed by atoms with E-state index >= 15 is 0 Å². The van der Waals surface area contributed by atoms with E-state index in [-0.39, 0.29) is 12.5 Å². The maximum atomic E-state index is 12.2. The number of carbonyl (C=O) groups is 1. The van der Waals surface area contributed by atoms with Crippen LogP contribution in [0.3, 0.4) is 0 Å². The SMILES string of the molecule is CC/C=C\C/C=C\C/C=C\CCCCCC(=O)NC(CO)C(O)/C=C/CCCCCCCCCCCC. The van der Waals surface area contributed by atoms with Gasteiger partial charge in [0.1, 0.15) is 0 Å². The molecular weight excluding hydrogens is 458 g/mol. The molecule has 214 valence electrons. The Bertz CT molecular complexity index is 609. The van der Waals surface area contributed by atoms with E-state index in [0.29, 0.717) is 6.42 Å². The minimum Gasteiger partial charge on any atom is -0.394 e. The van der Waals surface area contributed by atoms with E-state index in [1.807, 2.05) is 6.08 Å². The van der Waals surface area contributed by atoms with Gasteiger partial charge in [-0.3, -0.25) is 4.79 Å². The fraction of sp³-hybridized carbons (Fsp3) is 0.727. The zero-order valence-electron chi connectivity index (χ0n) is 24.2. The Morgan fingerprint density at radius 2 is 1.19 bits per heavy atom. The highest BCUT2D eigenvalue weighted by molar-refractivity contribution is 5.76. The monoisotopic (exact) mass is 517 g/mol. The zero-order valence-corrected chi connectivity index (χ0v) is 24.2. The smallest absolute Gasteiger partial charge is 0.220 e. The molecule has 37 heavy (non-hydrogen) atoms. The fourth-order valence-corrected chi connectivity index (χ4v) is 4.19. The Labute approximate surface area is 229 Å². The zero-order chi connectivity index (χ0) is 27.2. The molecule has 4 nitrogen and oxygen atoms in total. The minimum atomic E-state index is -0.848. The molecule has 0 rings (SSSR count). The van der Waals surface area contributed by atoms with Gasteiger partial charge in [0.05, 0.1) is 18.8 Å². The molecule has 0 saturated carbocycles. The van der Waals surface area contributed by atoms with Crippen molar-refractivity contribution < 1.29 is 15.0 Å². The van der Waals surface area contributed by atoms with Crippen LogP contribution in [0.5, 0.6) is 0 Å². The van der Waals surface area contributed by atoms with Crippen molar-refractivity contribution in [3.63, 3.8) is 0 Å². The van der Waals surface area contributed by atoms with E-state index in [1.165, 1.54) is 57.8 Å². The number of allylic oxidation sites excluding steroid dienone is 7. The Hall–Kier alpha value is -1.65. The molecule has 3 N–H and O–H groups in total. The summed E-state index contributed by atoms with van der Waals surface area (Å²) in [7, 11) is 0. The van der Waals surface area contributed by atoms with Crippen LogP contribution in [0.4, 0.5) is 0 Å². The molecule has 0 bridgehead atoms. The summed E-state index contributed by atoms with van der Waals surface area (Å²) in [4.78, 5) is 12.2. The topological polar surface area (TPSA) is 69.6 Å². The molecule has 0 aromatic rings. The van der Waals surface area contributed by atoms with Gasteiger partial charge in [-0.15, -0.1) is 0 Å². The minimum absolute atomic E-state index is 0.0982. The van der Waals surface area contributed by atoms with Crippen molar-refractivity contribution in [2.75, 3.05) is 6.61 Å². The van der Waals surface area contributed by atoms with Crippen LogP contribution in [0.2, 0.25) is 0 Å². The fourth-order valence-electron chi connectivity index (χ4n) is 4.19. The van der Waals surface area contributed by atoms with Crippen LogP contribution in [0.15, 0.2) is 48.6 Å². The molecule has 0 aromatic heterocycles. The van der Waals surface area contributed by atoms with Crippen LogP contribution in [0.1, 0.15) is 136 Å². The second-order valence-electron chi connectivity index (χ2n) is 10.1. The predicted octanol–water partition coefficient (Wildman–Crippen LogP) is 8.50. The standard InChI is InChI=1S/C33H59NO3/c1-3-5-7-9-11-13-15-17-19-21-23-25-27-29-33(37)34-31(30-35)32(36)28-26-24-22-20-18-16-14-12-10-8-6-4-2/h5,7,11,13,17,19,26,28,31-32,35-36H,3-4,6,8-10,12,14-16,18,20-25,27,29-30H2,1-2H3,(H,34,37)/b7-5-,13-11-,19-17-,28-26+. The molecular formula is C33H59NO3. The Morgan fingerprint density at radius 1 is 0.676 bits per heavy atom. The first-order valence-electron chi connectivity index (χ1n) is 15.4. The number of carbonyl (C=O) groups excluding carboxylic acids is 1. The predicted molar refractivity (Wildman–Crippen MR) is 161 cm³/mol. The first kappa shape index (κ1) is 35.4. The van der Waals surface area contributed by atoms with Gasteiger partial charge in [-0.2, -0.15) is 0 Å². The lowest BCUT2D eigenvalue weighted by Crippen LogP contribution is -2.45. The number of aliphatic hydroxyl groups excluding tert-OH is 2. The largest absolute Gasteiger partial charge is 0.394 e. The summed E-state index contributed by atoms with van der Waals surface area (Å²) in [6, 6.07) is -0.634. The van der Waals surface area contributed by atoms with Gasteiger partial charge in [0, 0.05) is 6.42 Å². The summed E-state index contributed by atoms with van der Waals surface area (Å²) in [5, 5.41) is 22.7. The number of nitrogens with one attached hydrogen (secondary N) is 1. The molecule has 0 aliphatic heterocycles. The van der Waals surface area contributed by atoms with Crippen LogP contribution in [-0.2, 0) is 4.79 Å². The third-order valence-electron chi connectivity index (χ3n) is 6.57. The van der Waals surface area contributed by atoms with E-state index in [4.69, 9.17) is 0 Å². The van der Waals surface area contributed by atoms with Crippen LogP contribution in [0.25, 0.3) is 0 Å². The van der Waals surface area contributed by atoms with Gasteiger partial charge in [-0.25, -0.2) is 0 Å². The molecule has 2 unspecified atom stereocenters. The van der Waals surface area contributed by atoms with E-state index in [9.17, 15) is 15.0 Å². The van der Waals surface area contributed by atoms with Crippen LogP contribution in [-0.4, -0.2) is 34.9 Å². The number of unbranched alkanes of at least 4 members (excludes halogenated alkanes) is 13. The summed E-state index contributed by atoms with van der Waals surface area (Å²) < 4.78 is 0. The number of aliphatic hydroxyl groups is 2. The lowest BCUT2D eigenvalue weighted by molar-refractivity contribution is -0.123. The molecule has 0 spiro atoms. The molecule has 0 radical (unpaired) electrons. The first-order chi connectivity index (χ1) is 18.2. The quantitative estimate of drug-likeness (QED) is 0.0795. The van der Waals surface area contributed by atoms with Crippen LogP contribution < -0.4 is 5.32 Å². The van der Waals surface area contributed by atoms with Crippen molar-refractivity contribution in [3.05, 3.63) is 48.6 Å². The van der Waals surface area contributed by atoms with Gasteiger partial charge in [0.25, 0.3) is 0 Å². The molecule has 0 aliphatic carbocycles. The van der Waals surface area contributed by atoms with E-state index in [1.54, 1.807) is 6.08 Å². The molecule has 0 aliphatic rings. The molecule has 2 atom stereocenters. The summed E-state index contributed by atoms with van der Waals surface area (Å²) >= 11 is 0. The Kier molecular flexibility index (Phi) is 27.6. The maximum absolute atomic E-state index is 12.2. The lowest BCUT2D eigenvalue weighted by atomic mass is 10.1. The number of hydrogen-bond acceptors (Lipinski definition) is 3. The van der Waals surface area contributed by atoms with Crippen molar-refractivity contribution >= 4 is 5.91 Å². The van der Waals surface area contributed by atoms with E-state index < -0.39 is 12.1 Å². The van der Waals surface area contributed by atoms with Crippen LogP contribution in [0, 0.1) is 0 Å². The van der Waals surface area contributed by atoms with Crippen molar-refractivity contribution in [2.45, 2.75) is 148 Å². The third-order valence-corrected chi connectivity index (χ3v) is 6.57. The van der Waals surface area contributed by atoms with Crippen LogP contribution >= 0.6 is 0 Å². The molecule has 0 heterocycles. The second kappa shape index (κ2) is 28.9. The number of rotatable bonds is 26. The summed E-state index contributed by atoms with van der Waals surface area (Å²) in [6.45, 7) is 4.14. The maximum Gasteiger partial charge on any atom is 0.220 e. The van der Waals surface area contributed by atoms with Gasteiger partial charge in [-0.05, 0) is 51.4 Å². The Morgan fingerprint density at radius 3 is 1.78 bits per heavy atom. The third kappa shape index (κ3) is 25.8. The van der Waals surface area contributed by atoms with Crippen molar-refractivity contribution in [3.8, 4) is 0 Å². The molecule has 0 aromatic carbocycles. The van der Waals surface area contributed by atoms with Gasteiger partial charge in [0.15, 0.2) is 0 Å². The Balaban J connectivity index is 3.77. The average molecular weight is 518 g/mol. The van der Waals surface area contributed by atoms with Crippen molar-refractivity contribution in [1.29, 1.82) is 0 Å². The van der Waals surface area contributed by atoms with E-state index in [2.05, 4.69) is 55.6 Å². The van der Waals surface area contributed by atoms with Gasteiger partial charge < -0.3 is 15.5 Å². The highest BCUT2D eigenvalue weighted by atomic mass is 16.3. The van der Waals surface area contributed by atoms with Gasteiger partial charge in [-0.1, -0.05) is 127 Å². The average Bonchev–Trinajstić information content (AvgIpc) is 2.90.